The number of ether oxygens (including phenoxy) is 1. The topological polar surface area (TPSA) is 95.9 Å². The fourth-order valence-corrected chi connectivity index (χ4v) is 13.3. The molecule has 5 aliphatic carbocycles. The van der Waals surface area contributed by atoms with Crippen LogP contribution in [0.25, 0.3) is 5.57 Å². The van der Waals surface area contributed by atoms with Crippen LogP contribution >= 0.6 is 0 Å². The van der Waals surface area contributed by atoms with Crippen LogP contribution in [0.15, 0.2) is 42.5 Å². The molecule has 0 bridgehead atoms. The van der Waals surface area contributed by atoms with E-state index in [1.54, 1.807) is 12.1 Å². The number of carbonyl (C=O) groups is 3. The average Bonchev–Trinajstić information content (AvgIpc) is 3.60. The number of nitrogens with one attached hydrogen (secondary N) is 1. The van der Waals surface area contributed by atoms with Crippen molar-refractivity contribution < 1.29 is 24.2 Å². The lowest BCUT2D eigenvalue weighted by molar-refractivity contribution is -0.219. The summed E-state index contributed by atoms with van der Waals surface area (Å²) in [5, 5.41) is 13.1. The maximum atomic E-state index is 13.6. The number of hydrogen-bond donors (Lipinski definition) is 2. The second-order valence-corrected chi connectivity index (χ2v) is 17.9. The Balaban J connectivity index is 1.19. The molecular formula is C41H56N2O5. The molecule has 1 aliphatic heterocycles. The Kier molecular flexibility index (Phi) is 7.81. The number of fused-ring (bicyclic) bond motifs is 7. The summed E-state index contributed by atoms with van der Waals surface area (Å²) in [5.74, 6) is 1.46. The SMILES string of the molecule is C=C(C)[C@@H]1CC[C@]2(NC(=O)CN3CCOC3=O)CC[C@]3(C)[C@H](CC[C@@H]4[C@@]5(C)CC=C(c6ccc(C(=O)O)cc6)C(C)(C)[C@@H]5CC[C@]43C)[C@@H]12. The van der Waals surface area contributed by atoms with Gasteiger partial charge in [-0.1, -0.05) is 65.0 Å². The molecule has 1 saturated heterocycles. The summed E-state index contributed by atoms with van der Waals surface area (Å²) >= 11 is 0. The van der Waals surface area contributed by atoms with Gasteiger partial charge < -0.3 is 15.2 Å². The number of hydrogen-bond acceptors (Lipinski definition) is 4. The van der Waals surface area contributed by atoms with Gasteiger partial charge >= 0.3 is 12.1 Å². The maximum Gasteiger partial charge on any atom is 0.410 e. The summed E-state index contributed by atoms with van der Waals surface area (Å²) in [6.45, 7) is 20.3. The fourth-order valence-electron chi connectivity index (χ4n) is 13.3. The summed E-state index contributed by atoms with van der Waals surface area (Å²) in [4.78, 5) is 38.8. The predicted octanol–water partition coefficient (Wildman–Crippen LogP) is 8.36. The smallest absolute Gasteiger partial charge is 0.410 e. The molecule has 0 aromatic heterocycles. The largest absolute Gasteiger partial charge is 0.478 e. The van der Waals surface area contributed by atoms with E-state index >= 15 is 0 Å². The Morgan fingerprint density at radius 3 is 2.33 bits per heavy atom. The van der Waals surface area contributed by atoms with Crippen molar-refractivity contribution in [3.63, 3.8) is 0 Å². The van der Waals surface area contributed by atoms with E-state index in [1.807, 2.05) is 12.1 Å². The monoisotopic (exact) mass is 656 g/mol. The molecule has 260 valence electrons. The number of cyclic esters (lactones) is 1. The Morgan fingerprint density at radius 1 is 0.958 bits per heavy atom. The van der Waals surface area contributed by atoms with Crippen molar-refractivity contribution in [1.82, 2.24) is 10.2 Å². The highest BCUT2D eigenvalue weighted by Crippen LogP contribution is 2.76. The zero-order valence-electron chi connectivity index (χ0n) is 30.0. The molecule has 7 nitrogen and oxygen atoms in total. The van der Waals surface area contributed by atoms with E-state index in [0.717, 1.165) is 37.7 Å². The normalized spacial score (nSPS) is 41.2. The van der Waals surface area contributed by atoms with E-state index in [0.29, 0.717) is 48.3 Å². The Hall–Kier alpha value is -3.09. The molecule has 2 amide bonds. The van der Waals surface area contributed by atoms with Gasteiger partial charge in [0, 0.05) is 5.54 Å². The van der Waals surface area contributed by atoms with E-state index in [-0.39, 0.29) is 45.7 Å². The van der Waals surface area contributed by atoms with Crippen molar-refractivity contribution in [2.75, 3.05) is 19.7 Å². The van der Waals surface area contributed by atoms with E-state index in [2.05, 4.69) is 59.5 Å². The van der Waals surface area contributed by atoms with E-state index in [9.17, 15) is 19.5 Å². The molecular weight excluding hydrogens is 600 g/mol. The number of benzene rings is 1. The minimum absolute atomic E-state index is 0.0267. The zero-order chi connectivity index (χ0) is 34.4. The fraction of sp³-hybridized carbons (Fsp3) is 0.683. The lowest BCUT2D eigenvalue weighted by Gasteiger charge is -2.72. The minimum atomic E-state index is -0.884. The van der Waals surface area contributed by atoms with Crippen molar-refractivity contribution in [2.24, 2.45) is 51.2 Å². The summed E-state index contributed by atoms with van der Waals surface area (Å²) in [7, 11) is 0. The van der Waals surface area contributed by atoms with E-state index < -0.39 is 5.97 Å². The van der Waals surface area contributed by atoms with Crippen LogP contribution in [0.1, 0.15) is 115 Å². The molecule has 7 rings (SSSR count). The highest BCUT2D eigenvalue weighted by atomic mass is 16.6. The molecule has 48 heavy (non-hydrogen) atoms. The molecule has 5 fully saturated rings. The van der Waals surface area contributed by atoms with Gasteiger partial charge in [-0.3, -0.25) is 9.69 Å². The molecule has 0 unspecified atom stereocenters. The molecule has 4 saturated carbocycles. The van der Waals surface area contributed by atoms with Gasteiger partial charge in [0.05, 0.1) is 12.1 Å². The van der Waals surface area contributed by atoms with Gasteiger partial charge in [-0.2, -0.15) is 0 Å². The van der Waals surface area contributed by atoms with Gasteiger partial charge in [-0.15, -0.1) is 0 Å². The summed E-state index contributed by atoms with van der Waals surface area (Å²) in [6.07, 6.45) is 12.1. The second-order valence-electron chi connectivity index (χ2n) is 17.9. The van der Waals surface area contributed by atoms with Crippen molar-refractivity contribution in [2.45, 2.75) is 105 Å². The molecule has 9 atom stereocenters. The van der Waals surface area contributed by atoms with Crippen LogP contribution < -0.4 is 5.32 Å². The standard InChI is InChI=1S/C41H56N2O5/c1-25(2)28-14-19-41(42-33(44)24-43-22-23-48-36(43)47)21-20-39(6)30(34(28)41)12-13-32-38(5)17-15-29(26-8-10-27(11-9-26)35(45)46)37(3,4)31(38)16-18-40(32,39)7/h8-11,15,28,30-32,34H,1,12-14,16-24H2,2-7H3,(H,42,44)(H,45,46)/t28-,30+,31-,32+,34+,38-,39+,40+,41-/m0/s1. The van der Waals surface area contributed by atoms with E-state index in [4.69, 9.17) is 4.74 Å². The third-order valence-electron chi connectivity index (χ3n) is 15.7. The molecule has 2 N–H and O–H groups in total. The predicted molar refractivity (Wildman–Crippen MR) is 187 cm³/mol. The number of amides is 2. The maximum absolute atomic E-state index is 13.6. The van der Waals surface area contributed by atoms with Crippen molar-refractivity contribution >= 4 is 23.5 Å². The summed E-state index contributed by atoms with van der Waals surface area (Å²) in [5.41, 5.74) is 4.32. The summed E-state index contributed by atoms with van der Waals surface area (Å²) < 4.78 is 5.11. The van der Waals surface area contributed by atoms with Crippen LogP contribution in [0.3, 0.4) is 0 Å². The Bertz CT molecular complexity index is 1560. The van der Waals surface area contributed by atoms with Crippen molar-refractivity contribution in [1.29, 1.82) is 0 Å². The third-order valence-corrected chi connectivity index (χ3v) is 15.7. The van der Waals surface area contributed by atoms with Crippen LogP contribution in [-0.4, -0.2) is 53.2 Å². The van der Waals surface area contributed by atoms with Crippen molar-refractivity contribution in [3.8, 4) is 0 Å². The van der Waals surface area contributed by atoms with Crippen molar-refractivity contribution in [3.05, 3.63) is 53.6 Å². The van der Waals surface area contributed by atoms with Gasteiger partial charge in [-0.05, 0) is 139 Å². The van der Waals surface area contributed by atoms with Crippen LogP contribution in [0.2, 0.25) is 0 Å². The molecule has 0 spiro atoms. The first-order valence-corrected chi connectivity index (χ1v) is 18.5. The number of carboxylic acids is 1. The first-order chi connectivity index (χ1) is 22.6. The van der Waals surface area contributed by atoms with Crippen LogP contribution in [0.5, 0.6) is 0 Å². The number of allylic oxidation sites excluding steroid dienone is 3. The number of aromatic carboxylic acids is 1. The number of carboxylic acid groups (broad SMARTS) is 1. The molecule has 1 aromatic rings. The lowest BCUT2D eigenvalue weighted by Crippen LogP contribution is -2.68. The number of nitrogens with zero attached hydrogens (tertiary/aromatic N) is 1. The van der Waals surface area contributed by atoms with Gasteiger partial charge in [0.1, 0.15) is 13.2 Å². The summed E-state index contributed by atoms with van der Waals surface area (Å²) in [6, 6.07) is 7.50. The van der Waals surface area contributed by atoms with Gasteiger partial charge in [0.2, 0.25) is 5.91 Å². The van der Waals surface area contributed by atoms with Gasteiger partial charge in [-0.25, -0.2) is 9.59 Å². The highest BCUT2D eigenvalue weighted by molar-refractivity contribution is 5.88. The van der Waals surface area contributed by atoms with Crippen LogP contribution in [-0.2, 0) is 9.53 Å². The van der Waals surface area contributed by atoms with Gasteiger partial charge in [0.15, 0.2) is 0 Å². The molecule has 1 aromatic carbocycles. The third kappa shape index (κ3) is 4.68. The Labute approximate surface area is 286 Å². The quantitative estimate of drug-likeness (QED) is 0.300. The number of carbonyl (C=O) groups excluding carboxylic acids is 2. The Morgan fingerprint density at radius 2 is 1.69 bits per heavy atom. The minimum Gasteiger partial charge on any atom is -0.478 e. The molecule has 1 heterocycles. The van der Waals surface area contributed by atoms with Gasteiger partial charge in [0.25, 0.3) is 0 Å². The first-order valence-electron chi connectivity index (χ1n) is 18.5. The molecule has 7 heteroatoms. The molecule has 0 radical (unpaired) electrons. The average molecular weight is 657 g/mol. The van der Waals surface area contributed by atoms with E-state index in [1.165, 1.54) is 41.7 Å². The van der Waals surface area contributed by atoms with Crippen LogP contribution in [0.4, 0.5) is 4.79 Å². The number of rotatable bonds is 6. The first kappa shape index (κ1) is 33.4. The lowest BCUT2D eigenvalue weighted by atomic mass is 9.33. The second kappa shape index (κ2) is 11.2. The molecule has 6 aliphatic rings. The highest BCUT2D eigenvalue weighted by Gasteiger charge is 2.70. The van der Waals surface area contributed by atoms with Crippen LogP contribution in [0, 0.1) is 51.2 Å². The zero-order valence-corrected chi connectivity index (χ0v) is 30.0.